The maximum atomic E-state index is 10.4. The largest absolute Gasteiger partial charge is 0.352 e. The first-order valence-electron chi connectivity index (χ1n) is 3.80. The lowest BCUT2D eigenvalue weighted by molar-refractivity contribution is 0.112. The van der Waals surface area contributed by atoms with Gasteiger partial charge < -0.3 is 11.1 Å². The van der Waals surface area contributed by atoms with E-state index in [0.717, 1.165) is 11.8 Å². The zero-order valence-electron chi connectivity index (χ0n) is 6.99. The Hall–Kier alpha value is -1.84. The number of nitrogens with two attached hydrogens (primary N) is 1. The van der Waals surface area contributed by atoms with Gasteiger partial charge in [-0.25, -0.2) is 4.79 Å². The molecule has 68 valence electrons. The van der Waals surface area contributed by atoms with E-state index in [1.165, 1.54) is 0 Å². The monoisotopic (exact) mass is 178 g/mol. The fourth-order valence-corrected chi connectivity index (χ4v) is 0.903. The van der Waals surface area contributed by atoms with Crippen LogP contribution >= 0.6 is 0 Å². The van der Waals surface area contributed by atoms with Crippen LogP contribution in [0, 0.1) is 0 Å². The van der Waals surface area contributed by atoms with Gasteiger partial charge in [0.25, 0.3) is 0 Å². The highest BCUT2D eigenvalue weighted by Gasteiger charge is 1.94. The van der Waals surface area contributed by atoms with Gasteiger partial charge in [0.15, 0.2) is 0 Å². The Bertz CT molecular complexity index is 306. The Kier molecular flexibility index (Phi) is 3.03. The summed E-state index contributed by atoms with van der Waals surface area (Å²) in [6.07, 6.45) is 0.769. The molecule has 0 fully saturated rings. The first-order valence-corrected chi connectivity index (χ1v) is 3.80. The van der Waals surface area contributed by atoms with Crippen molar-refractivity contribution < 1.29 is 9.59 Å². The predicted octanol–water partition coefficient (Wildman–Crippen LogP) is 0.667. The molecule has 1 aromatic rings. The normalized spacial score (nSPS) is 9.23. The lowest BCUT2D eigenvalue weighted by Gasteiger charge is -2.01. The van der Waals surface area contributed by atoms with Crippen LogP contribution < -0.4 is 11.1 Å². The number of carbonyl (C=O) groups excluding carboxylic acids is 2. The second-order valence-corrected chi connectivity index (χ2v) is 2.58. The highest BCUT2D eigenvalue weighted by molar-refractivity contribution is 5.74. The van der Waals surface area contributed by atoms with Gasteiger partial charge in [-0.1, -0.05) is 24.3 Å². The molecule has 0 atom stereocenters. The predicted molar refractivity (Wildman–Crippen MR) is 48.3 cm³/mol. The van der Waals surface area contributed by atoms with E-state index < -0.39 is 6.03 Å². The van der Waals surface area contributed by atoms with Crippen molar-refractivity contribution in [1.29, 1.82) is 0 Å². The number of amides is 2. The summed E-state index contributed by atoms with van der Waals surface area (Å²) in [5.41, 5.74) is 6.41. The molecule has 0 aliphatic rings. The second kappa shape index (κ2) is 4.25. The average molecular weight is 178 g/mol. The van der Waals surface area contributed by atoms with Crippen LogP contribution in [0.5, 0.6) is 0 Å². The second-order valence-electron chi connectivity index (χ2n) is 2.58. The maximum absolute atomic E-state index is 10.4. The van der Waals surface area contributed by atoms with Crippen LogP contribution in [-0.2, 0) is 6.54 Å². The SMILES string of the molecule is NC(=O)NCc1ccc(C=O)cc1. The third-order valence-corrected chi connectivity index (χ3v) is 1.58. The number of urea groups is 1. The Labute approximate surface area is 75.7 Å². The summed E-state index contributed by atoms with van der Waals surface area (Å²) in [5, 5.41) is 2.45. The van der Waals surface area contributed by atoms with Crippen LogP contribution in [0.2, 0.25) is 0 Å². The molecule has 1 aromatic carbocycles. The molecule has 0 radical (unpaired) electrons. The van der Waals surface area contributed by atoms with E-state index in [1.54, 1.807) is 24.3 Å². The van der Waals surface area contributed by atoms with Crippen molar-refractivity contribution >= 4 is 12.3 Å². The van der Waals surface area contributed by atoms with E-state index in [9.17, 15) is 9.59 Å². The molecule has 3 N–H and O–H groups in total. The number of hydrogen-bond donors (Lipinski definition) is 2. The van der Waals surface area contributed by atoms with Crippen molar-refractivity contribution in [3.8, 4) is 0 Å². The molecule has 4 heteroatoms. The van der Waals surface area contributed by atoms with Crippen LogP contribution in [-0.4, -0.2) is 12.3 Å². The fraction of sp³-hybridized carbons (Fsp3) is 0.111. The van der Waals surface area contributed by atoms with Crippen LogP contribution in [0.3, 0.4) is 0 Å². The highest BCUT2D eigenvalue weighted by atomic mass is 16.2. The summed E-state index contributed by atoms with van der Waals surface area (Å²) in [6, 6.07) is 6.34. The van der Waals surface area contributed by atoms with Crippen molar-refractivity contribution in [3.63, 3.8) is 0 Å². The smallest absolute Gasteiger partial charge is 0.312 e. The summed E-state index contributed by atoms with van der Waals surface area (Å²) in [7, 11) is 0. The molecular formula is C9H10N2O2. The lowest BCUT2D eigenvalue weighted by atomic mass is 10.1. The summed E-state index contributed by atoms with van der Waals surface area (Å²) < 4.78 is 0. The minimum atomic E-state index is -0.556. The van der Waals surface area contributed by atoms with Crippen LogP contribution in [0.4, 0.5) is 4.79 Å². The van der Waals surface area contributed by atoms with E-state index in [1.807, 2.05) is 0 Å². The Balaban J connectivity index is 2.59. The zero-order valence-corrected chi connectivity index (χ0v) is 6.99. The number of rotatable bonds is 3. The van der Waals surface area contributed by atoms with Crippen molar-refractivity contribution in [2.45, 2.75) is 6.54 Å². The van der Waals surface area contributed by atoms with Gasteiger partial charge in [0.05, 0.1) is 0 Å². The standard InChI is InChI=1S/C9H10N2O2/c10-9(13)11-5-7-1-3-8(6-12)4-2-7/h1-4,6H,5H2,(H3,10,11,13). The molecule has 0 bridgehead atoms. The van der Waals surface area contributed by atoms with Gasteiger partial charge >= 0.3 is 6.03 Å². The number of primary amides is 1. The lowest BCUT2D eigenvalue weighted by Crippen LogP contribution is -2.28. The van der Waals surface area contributed by atoms with Crippen molar-refractivity contribution in [2.24, 2.45) is 5.73 Å². The highest BCUT2D eigenvalue weighted by Crippen LogP contribution is 2.01. The minimum Gasteiger partial charge on any atom is -0.352 e. The van der Waals surface area contributed by atoms with Crippen molar-refractivity contribution in [2.75, 3.05) is 0 Å². The maximum Gasteiger partial charge on any atom is 0.312 e. The molecule has 4 nitrogen and oxygen atoms in total. The summed E-state index contributed by atoms with van der Waals surface area (Å²) in [4.78, 5) is 20.6. The van der Waals surface area contributed by atoms with Gasteiger partial charge in [0.1, 0.15) is 6.29 Å². The molecule has 0 aliphatic carbocycles. The summed E-state index contributed by atoms with van der Waals surface area (Å²) in [5.74, 6) is 0. The van der Waals surface area contributed by atoms with Gasteiger partial charge in [0.2, 0.25) is 0 Å². The minimum absolute atomic E-state index is 0.383. The van der Waals surface area contributed by atoms with E-state index in [0.29, 0.717) is 12.1 Å². The molecular weight excluding hydrogens is 168 g/mol. The third kappa shape index (κ3) is 2.94. The fourth-order valence-electron chi connectivity index (χ4n) is 0.903. The number of aldehydes is 1. The topological polar surface area (TPSA) is 72.2 Å². The number of benzene rings is 1. The van der Waals surface area contributed by atoms with E-state index in [-0.39, 0.29) is 0 Å². The van der Waals surface area contributed by atoms with Crippen molar-refractivity contribution in [3.05, 3.63) is 35.4 Å². The molecule has 0 unspecified atom stereocenters. The Morgan fingerprint density at radius 3 is 2.46 bits per heavy atom. The van der Waals surface area contributed by atoms with E-state index in [4.69, 9.17) is 5.73 Å². The van der Waals surface area contributed by atoms with Crippen molar-refractivity contribution in [1.82, 2.24) is 5.32 Å². The quantitative estimate of drug-likeness (QED) is 0.667. The van der Waals surface area contributed by atoms with Gasteiger partial charge in [-0.3, -0.25) is 4.79 Å². The van der Waals surface area contributed by atoms with Gasteiger partial charge in [-0.05, 0) is 5.56 Å². The molecule has 0 saturated heterocycles. The molecule has 0 aliphatic heterocycles. The van der Waals surface area contributed by atoms with Gasteiger partial charge in [-0.2, -0.15) is 0 Å². The first-order chi connectivity index (χ1) is 6.22. The van der Waals surface area contributed by atoms with Gasteiger partial charge in [0, 0.05) is 12.1 Å². The molecule has 13 heavy (non-hydrogen) atoms. The summed E-state index contributed by atoms with van der Waals surface area (Å²) >= 11 is 0. The number of carbonyl (C=O) groups is 2. The van der Waals surface area contributed by atoms with Gasteiger partial charge in [-0.15, -0.1) is 0 Å². The Morgan fingerprint density at radius 2 is 2.00 bits per heavy atom. The number of nitrogens with one attached hydrogen (secondary N) is 1. The zero-order chi connectivity index (χ0) is 9.68. The third-order valence-electron chi connectivity index (χ3n) is 1.58. The van der Waals surface area contributed by atoms with Crippen LogP contribution in [0.1, 0.15) is 15.9 Å². The van der Waals surface area contributed by atoms with Crippen LogP contribution in [0.15, 0.2) is 24.3 Å². The average Bonchev–Trinajstić information content (AvgIpc) is 2.15. The Morgan fingerprint density at radius 1 is 1.38 bits per heavy atom. The summed E-state index contributed by atoms with van der Waals surface area (Å²) in [6.45, 7) is 0.383. The van der Waals surface area contributed by atoms with Crippen LogP contribution in [0.25, 0.3) is 0 Å². The molecule has 0 saturated carbocycles. The van der Waals surface area contributed by atoms with E-state index in [2.05, 4.69) is 5.32 Å². The number of hydrogen-bond acceptors (Lipinski definition) is 2. The molecule has 1 rings (SSSR count). The molecule has 0 spiro atoms. The van der Waals surface area contributed by atoms with E-state index >= 15 is 0 Å². The molecule has 2 amide bonds. The molecule has 0 heterocycles. The molecule has 0 aromatic heterocycles. The first kappa shape index (κ1) is 9.25.